The van der Waals surface area contributed by atoms with Crippen molar-refractivity contribution >= 4 is 11.9 Å². The molecule has 1 aromatic heterocycles. The van der Waals surface area contributed by atoms with Gasteiger partial charge in [0.05, 0.1) is 12.6 Å². The topological polar surface area (TPSA) is 80.0 Å². The van der Waals surface area contributed by atoms with E-state index in [1.54, 1.807) is 4.90 Å². The van der Waals surface area contributed by atoms with Crippen molar-refractivity contribution in [3.05, 3.63) is 59.5 Å². The predicted octanol–water partition coefficient (Wildman–Crippen LogP) is 2.45. The van der Waals surface area contributed by atoms with Gasteiger partial charge in [0.2, 0.25) is 5.76 Å². The summed E-state index contributed by atoms with van der Waals surface area (Å²) in [6.45, 7) is 1.64. The molecule has 126 valence electrons. The maximum atomic E-state index is 12.8. The number of carboxylic acid groups (broad SMARTS) is 1. The molecule has 0 spiro atoms. The second-order valence-corrected chi connectivity index (χ2v) is 5.72. The third-order valence-electron chi connectivity index (χ3n) is 4.12. The van der Waals surface area contributed by atoms with Crippen LogP contribution in [0.3, 0.4) is 0 Å². The average molecular weight is 329 g/mol. The molecule has 1 unspecified atom stereocenters. The summed E-state index contributed by atoms with van der Waals surface area (Å²) in [5.74, 6) is -1.67. The van der Waals surface area contributed by atoms with Crippen LogP contribution < -0.4 is 0 Å². The second-order valence-electron chi connectivity index (χ2n) is 5.72. The minimum absolute atomic E-state index is 0.0143. The van der Waals surface area contributed by atoms with E-state index in [0.717, 1.165) is 18.4 Å². The highest BCUT2D eigenvalue weighted by atomic mass is 16.5. The lowest BCUT2D eigenvalue weighted by atomic mass is 10.1. The van der Waals surface area contributed by atoms with Gasteiger partial charge in [-0.1, -0.05) is 30.3 Å². The molecule has 1 amide bonds. The summed E-state index contributed by atoms with van der Waals surface area (Å²) in [6, 6.07) is 12.6. The zero-order valence-corrected chi connectivity index (χ0v) is 13.2. The number of carbonyl (C=O) groups excluding carboxylic acids is 1. The van der Waals surface area contributed by atoms with Gasteiger partial charge in [-0.2, -0.15) is 0 Å². The molecule has 0 radical (unpaired) electrons. The summed E-state index contributed by atoms with van der Waals surface area (Å²) in [6.07, 6.45) is 1.49. The highest BCUT2D eigenvalue weighted by molar-refractivity contribution is 5.93. The predicted molar refractivity (Wildman–Crippen MR) is 86.1 cm³/mol. The first-order chi connectivity index (χ1) is 11.6. The van der Waals surface area contributed by atoms with Crippen LogP contribution in [-0.4, -0.2) is 47.7 Å². The highest BCUT2D eigenvalue weighted by Gasteiger charge is 2.30. The Morgan fingerprint density at radius 1 is 1.12 bits per heavy atom. The van der Waals surface area contributed by atoms with Gasteiger partial charge < -0.3 is 19.2 Å². The number of hydrogen-bond donors (Lipinski definition) is 1. The van der Waals surface area contributed by atoms with Crippen LogP contribution in [0.4, 0.5) is 0 Å². The minimum atomic E-state index is -1.19. The monoisotopic (exact) mass is 329 g/mol. The van der Waals surface area contributed by atoms with Crippen molar-refractivity contribution in [1.82, 2.24) is 4.90 Å². The molecule has 1 atom stereocenters. The summed E-state index contributed by atoms with van der Waals surface area (Å²) in [4.78, 5) is 25.4. The third kappa shape index (κ3) is 3.65. The Hall–Kier alpha value is -2.60. The van der Waals surface area contributed by atoms with Crippen molar-refractivity contribution in [2.45, 2.75) is 18.9 Å². The number of hydrogen-bond acceptors (Lipinski definition) is 4. The van der Waals surface area contributed by atoms with Crippen LogP contribution in [0.25, 0.3) is 0 Å². The zero-order chi connectivity index (χ0) is 16.9. The van der Waals surface area contributed by atoms with Crippen molar-refractivity contribution in [3.8, 4) is 0 Å². The van der Waals surface area contributed by atoms with Gasteiger partial charge in [-0.3, -0.25) is 4.79 Å². The van der Waals surface area contributed by atoms with E-state index in [0.29, 0.717) is 19.8 Å². The van der Waals surface area contributed by atoms with Crippen LogP contribution in [0, 0.1) is 0 Å². The first-order valence-corrected chi connectivity index (χ1v) is 7.91. The maximum absolute atomic E-state index is 12.8. The normalized spacial score (nSPS) is 16.9. The van der Waals surface area contributed by atoms with Gasteiger partial charge in [0.1, 0.15) is 0 Å². The molecule has 0 saturated carbocycles. The van der Waals surface area contributed by atoms with Crippen LogP contribution in [0.5, 0.6) is 0 Å². The summed E-state index contributed by atoms with van der Waals surface area (Å²) in [7, 11) is 0. The fraction of sp³-hybridized carbons (Fsp3) is 0.333. The van der Waals surface area contributed by atoms with E-state index >= 15 is 0 Å². The Morgan fingerprint density at radius 2 is 1.88 bits per heavy atom. The molecule has 1 saturated heterocycles. The standard InChI is InChI=1S/C18H19NO5/c20-17(15-6-7-16(24-15)18(21)22)19(14-9-11-23-12-14)10-8-13-4-2-1-3-5-13/h1-7,14H,8-12H2,(H,21,22). The van der Waals surface area contributed by atoms with E-state index in [1.165, 1.54) is 12.1 Å². The molecule has 6 nitrogen and oxygen atoms in total. The fourth-order valence-corrected chi connectivity index (χ4v) is 2.82. The molecular formula is C18H19NO5. The van der Waals surface area contributed by atoms with Crippen LogP contribution in [0.2, 0.25) is 0 Å². The number of carbonyl (C=O) groups is 2. The number of amides is 1. The number of aromatic carboxylic acids is 1. The van der Waals surface area contributed by atoms with Crippen LogP contribution in [0.15, 0.2) is 46.9 Å². The molecule has 24 heavy (non-hydrogen) atoms. The van der Waals surface area contributed by atoms with Gasteiger partial charge in [0, 0.05) is 13.2 Å². The largest absolute Gasteiger partial charge is 0.475 e. The number of furan rings is 1. The fourth-order valence-electron chi connectivity index (χ4n) is 2.82. The van der Waals surface area contributed by atoms with E-state index in [2.05, 4.69) is 0 Å². The quantitative estimate of drug-likeness (QED) is 0.880. The SMILES string of the molecule is O=C(O)c1ccc(C(=O)N(CCc2ccccc2)C2CCOC2)o1. The molecular weight excluding hydrogens is 310 g/mol. The Balaban J connectivity index is 1.75. The highest BCUT2D eigenvalue weighted by Crippen LogP contribution is 2.18. The van der Waals surface area contributed by atoms with Crippen molar-refractivity contribution < 1.29 is 23.8 Å². The minimum Gasteiger partial charge on any atom is -0.475 e. The molecule has 2 aromatic rings. The van der Waals surface area contributed by atoms with E-state index < -0.39 is 5.97 Å². The van der Waals surface area contributed by atoms with E-state index in [1.807, 2.05) is 30.3 Å². The van der Waals surface area contributed by atoms with Gasteiger partial charge in [-0.05, 0) is 30.5 Å². The lowest BCUT2D eigenvalue weighted by Gasteiger charge is -2.27. The van der Waals surface area contributed by atoms with E-state index in [4.69, 9.17) is 14.3 Å². The number of benzene rings is 1. The number of ether oxygens (including phenoxy) is 1. The molecule has 6 heteroatoms. The third-order valence-corrected chi connectivity index (χ3v) is 4.12. The molecule has 1 aromatic carbocycles. The Kier molecular flexibility index (Phi) is 4.96. The smallest absolute Gasteiger partial charge is 0.371 e. The lowest BCUT2D eigenvalue weighted by Crippen LogP contribution is -2.42. The van der Waals surface area contributed by atoms with E-state index in [9.17, 15) is 9.59 Å². The summed E-state index contributed by atoms with van der Waals surface area (Å²) in [5.41, 5.74) is 1.14. The first kappa shape index (κ1) is 16.3. The van der Waals surface area contributed by atoms with Crippen LogP contribution in [-0.2, 0) is 11.2 Å². The van der Waals surface area contributed by atoms with Gasteiger partial charge in [-0.25, -0.2) is 4.79 Å². The Labute approximate surface area is 139 Å². The summed E-state index contributed by atoms with van der Waals surface area (Å²) >= 11 is 0. The lowest BCUT2D eigenvalue weighted by molar-refractivity contribution is 0.0607. The Morgan fingerprint density at radius 3 is 2.50 bits per heavy atom. The van der Waals surface area contributed by atoms with Crippen molar-refractivity contribution in [1.29, 1.82) is 0 Å². The van der Waals surface area contributed by atoms with Gasteiger partial charge >= 0.3 is 5.97 Å². The molecule has 1 N–H and O–H groups in total. The van der Waals surface area contributed by atoms with Gasteiger partial charge in [0.25, 0.3) is 5.91 Å². The number of nitrogens with zero attached hydrogens (tertiary/aromatic N) is 1. The Bertz CT molecular complexity index is 703. The van der Waals surface area contributed by atoms with E-state index in [-0.39, 0.29) is 23.5 Å². The van der Waals surface area contributed by atoms with Crippen molar-refractivity contribution in [2.75, 3.05) is 19.8 Å². The second kappa shape index (κ2) is 7.31. The summed E-state index contributed by atoms with van der Waals surface area (Å²) < 4.78 is 10.6. The molecule has 0 aliphatic carbocycles. The molecule has 3 rings (SSSR count). The molecule has 1 fully saturated rings. The van der Waals surface area contributed by atoms with Crippen LogP contribution >= 0.6 is 0 Å². The zero-order valence-electron chi connectivity index (χ0n) is 13.2. The molecule has 1 aliphatic rings. The maximum Gasteiger partial charge on any atom is 0.371 e. The summed E-state index contributed by atoms with van der Waals surface area (Å²) in [5, 5.41) is 8.94. The molecule has 0 bridgehead atoms. The van der Waals surface area contributed by atoms with Crippen molar-refractivity contribution in [2.24, 2.45) is 0 Å². The van der Waals surface area contributed by atoms with Gasteiger partial charge in [0.15, 0.2) is 5.76 Å². The average Bonchev–Trinajstić information content (AvgIpc) is 3.28. The van der Waals surface area contributed by atoms with Crippen LogP contribution in [0.1, 0.15) is 33.1 Å². The molecule has 2 heterocycles. The van der Waals surface area contributed by atoms with Gasteiger partial charge in [-0.15, -0.1) is 0 Å². The number of rotatable bonds is 6. The first-order valence-electron chi connectivity index (χ1n) is 7.91. The number of carboxylic acids is 1. The molecule has 1 aliphatic heterocycles. The van der Waals surface area contributed by atoms with Crippen molar-refractivity contribution in [3.63, 3.8) is 0 Å².